The average Bonchev–Trinajstić information content (AvgIpc) is 2.85. The summed E-state index contributed by atoms with van der Waals surface area (Å²) in [5.74, 6) is 1.00. The zero-order valence-electron chi connectivity index (χ0n) is 17.8. The van der Waals surface area contributed by atoms with Crippen molar-refractivity contribution in [2.45, 2.75) is 30.3 Å². The summed E-state index contributed by atoms with van der Waals surface area (Å²) in [7, 11) is 1.69. The SMILES string of the molecule is COc1ccc(SN(Cc2ccccc2)C2CCN(C(=O)c3ccccc3)CC2)cc1. The molecule has 0 bridgehead atoms. The van der Waals surface area contributed by atoms with Gasteiger partial charge in [0, 0.05) is 36.1 Å². The number of benzene rings is 3. The van der Waals surface area contributed by atoms with E-state index in [4.69, 9.17) is 4.74 Å². The second-order valence-electron chi connectivity index (χ2n) is 7.72. The Morgan fingerprint density at radius 2 is 1.55 bits per heavy atom. The highest BCUT2D eigenvalue weighted by Crippen LogP contribution is 2.32. The lowest BCUT2D eigenvalue weighted by Crippen LogP contribution is -2.44. The number of likely N-dealkylation sites (tertiary alicyclic amines) is 1. The van der Waals surface area contributed by atoms with Crippen molar-refractivity contribution in [1.29, 1.82) is 0 Å². The highest BCUT2D eigenvalue weighted by Gasteiger charge is 2.28. The molecule has 1 aliphatic heterocycles. The Kier molecular flexibility index (Phi) is 7.28. The molecule has 1 amide bonds. The van der Waals surface area contributed by atoms with Gasteiger partial charge in [-0.25, -0.2) is 4.31 Å². The van der Waals surface area contributed by atoms with Crippen LogP contribution in [0.3, 0.4) is 0 Å². The Morgan fingerprint density at radius 3 is 2.16 bits per heavy atom. The van der Waals surface area contributed by atoms with Crippen molar-refractivity contribution in [2.75, 3.05) is 20.2 Å². The van der Waals surface area contributed by atoms with Crippen molar-refractivity contribution < 1.29 is 9.53 Å². The van der Waals surface area contributed by atoms with Gasteiger partial charge in [-0.15, -0.1) is 0 Å². The second-order valence-corrected chi connectivity index (χ2v) is 8.84. The lowest BCUT2D eigenvalue weighted by molar-refractivity contribution is 0.0680. The van der Waals surface area contributed by atoms with Gasteiger partial charge in [0.1, 0.15) is 5.75 Å². The number of piperidine rings is 1. The predicted octanol–water partition coefficient (Wildman–Crippen LogP) is 5.51. The molecule has 1 aliphatic rings. The van der Waals surface area contributed by atoms with Gasteiger partial charge >= 0.3 is 0 Å². The molecule has 3 aromatic rings. The van der Waals surface area contributed by atoms with E-state index in [-0.39, 0.29) is 5.91 Å². The molecule has 3 aromatic carbocycles. The number of hydrogen-bond acceptors (Lipinski definition) is 4. The fourth-order valence-electron chi connectivity index (χ4n) is 3.89. The van der Waals surface area contributed by atoms with Crippen LogP contribution in [0.1, 0.15) is 28.8 Å². The molecule has 4 nitrogen and oxygen atoms in total. The van der Waals surface area contributed by atoms with Gasteiger partial charge in [0.2, 0.25) is 0 Å². The minimum Gasteiger partial charge on any atom is -0.497 e. The maximum atomic E-state index is 12.8. The average molecular weight is 433 g/mol. The Morgan fingerprint density at radius 1 is 0.935 bits per heavy atom. The standard InChI is InChI=1S/C26H28N2O2S/c1-30-24-12-14-25(15-13-24)31-28(20-21-8-4-2-5-9-21)23-16-18-27(19-17-23)26(29)22-10-6-3-7-11-22/h2-15,23H,16-20H2,1H3. The number of rotatable bonds is 7. The van der Waals surface area contributed by atoms with Gasteiger partial charge < -0.3 is 9.64 Å². The third kappa shape index (κ3) is 5.69. The number of nitrogens with zero attached hydrogens (tertiary/aromatic N) is 2. The van der Waals surface area contributed by atoms with Crippen molar-refractivity contribution in [1.82, 2.24) is 9.21 Å². The van der Waals surface area contributed by atoms with Gasteiger partial charge in [-0.3, -0.25) is 4.79 Å². The lowest BCUT2D eigenvalue weighted by Gasteiger charge is -2.38. The fourth-order valence-corrected chi connectivity index (χ4v) is 4.99. The van der Waals surface area contributed by atoms with Crippen molar-refractivity contribution in [2.24, 2.45) is 0 Å². The van der Waals surface area contributed by atoms with Crippen LogP contribution in [-0.2, 0) is 6.54 Å². The summed E-state index contributed by atoms with van der Waals surface area (Å²) in [6.07, 6.45) is 1.93. The van der Waals surface area contributed by atoms with E-state index in [2.05, 4.69) is 46.8 Å². The molecule has 31 heavy (non-hydrogen) atoms. The summed E-state index contributed by atoms with van der Waals surface area (Å²) in [5.41, 5.74) is 2.07. The normalized spacial score (nSPS) is 14.6. The molecule has 0 saturated carbocycles. The Bertz CT molecular complexity index is 956. The number of ether oxygens (including phenoxy) is 1. The number of hydrogen-bond donors (Lipinski definition) is 0. The first-order chi connectivity index (χ1) is 15.2. The van der Waals surface area contributed by atoms with Crippen molar-refractivity contribution in [3.63, 3.8) is 0 Å². The van der Waals surface area contributed by atoms with Crippen molar-refractivity contribution in [3.8, 4) is 5.75 Å². The van der Waals surface area contributed by atoms with Gasteiger partial charge in [0.15, 0.2) is 0 Å². The summed E-state index contributed by atoms with van der Waals surface area (Å²) in [6.45, 7) is 2.44. The molecular weight excluding hydrogens is 404 g/mol. The highest BCUT2D eigenvalue weighted by atomic mass is 32.2. The zero-order chi connectivity index (χ0) is 21.5. The first kappa shape index (κ1) is 21.5. The van der Waals surface area contributed by atoms with Crippen molar-refractivity contribution in [3.05, 3.63) is 96.1 Å². The summed E-state index contributed by atoms with van der Waals surface area (Å²) >= 11 is 1.79. The zero-order valence-corrected chi connectivity index (χ0v) is 18.6. The molecule has 5 heteroatoms. The maximum absolute atomic E-state index is 12.8. The smallest absolute Gasteiger partial charge is 0.253 e. The topological polar surface area (TPSA) is 32.8 Å². The Labute approximate surface area is 189 Å². The number of methoxy groups -OCH3 is 1. The molecule has 0 aromatic heterocycles. The quantitative estimate of drug-likeness (QED) is 0.461. The van der Waals surface area contributed by atoms with Crippen LogP contribution in [0.5, 0.6) is 5.75 Å². The van der Waals surface area contributed by atoms with Gasteiger partial charge in [0.25, 0.3) is 5.91 Å². The molecular formula is C26H28N2O2S. The molecule has 160 valence electrons. The molecule has 1 saturated heterocycles. The van der Waals surface area contributed by atoms with Gasteiger partial charge in [-0.05, 0) is 66.8 Å². The maximum Gasteiger partial charge on any atom is 0.253 e. The van der Waals surface area contributed by atoms with E-state index in [0.717, 1.165) is 43.8 Å². The molecule has 0 aliphatic carbocycles. The third-order valence-electron chi connectivity index (χ3n) is 5.64. The Hall–Kier alpha value is -2.76. The van der Waals surface area contributed by atoms with Crippen molar-refractivity contribution >= 4 is 17.9 Å². The predicted molar refractivity (Wildman–Crippen MR) is 126 cm³/mol. The summed E-state index contributed by atoms with van der Waals surface area (Å²) in [6, 6.07) is 28.8. The third-order valence-corrected chi connectivity index (χ3v) is 6.79. The molecule has 4 rings (SSSR count). The van der Waals surface area contributed by atoms with Crippen LogP contribution < -0.4 is 4.74 Å². The second kappa shape index (κ2) is 10.5. The van der Waals surface area contributed by atoms with E-state index < -0.39 is 0 Å². The van der Waals surface area contributed by atoms with Crippen LogP contribution in [0.15, 0.2) is 89.8 Å². The van der Waals surface area contributed by atoms with E-state index in [1.807, 2.05) is 47.4 Å². The van der Waals surface area contributed by atoms with Crippen LogP contribution in [0, 0.1) is 0 Å². The molecule has 1 fully saturated rings. The van der Waals surface area contributed by atoms with Gasteiger partial charge in [-0.2, -0.15) is 0 Å². The van der Waals surface area contributed by atoms with E-state index in [1.54, 1.807) is 19.1 Å². The van der Waals surface area contributed by atoms with Crippen LogP contribution >= 0.6 is 11.9 Å². The van der Waals surface area contributed by atoms with Crippen LogP contribution in [0.4, 0.5) is 0 Å². The molecule has 0 radical (unpaired) electrons. The summed E-state index contributed by atoms with van der Waals surface area (Å²) in [4.78, 5) is 16.0. The molecule has 1 heterocycles. The minimum atomic E-state index is 0.136. The van der Waals surface area contributed by atoms with Crippen LogP contribution in [0.25, 0.3) is 0 Å². The first-order valence-corrected chi connectivity index (χ1v) is 11.5. The van der Waals surface area contributed by atoms with Gasteiger partial charge in [-0.1, -0.05) is 48.5 Å². The molecule has 0 N–H and O–H groups in total. The molecule has 0 atom stereocenters. The fraction of sp³-hybridized carbons (Fsp3) is 0.269. The van der Waals surface area contributed by atoms with Crippen LogP contribution in [0.2, 0.25) is 0 Å². The van der Waals surface area contributed by atoms with E-state index in [9.17, 15) is 4.79 Å². The number of carbonyl (C=O) groups excluding carboxylic acids is 1. The van der Waals surface area contributed by atoms with E-state index >= 15 is 0 Å². The van der Waals surface area contributed by atoms with E-state index in [0.29, 0.717) is 6.04 Å². The molecule has 0 unspecified atom stereocenters. The minimum absolute atomic E-state index is 0.136. The molecule has 0 spiro atoms. The Balaban J connectivity index is 1.44. The lowest BCUT2D eigenvalue weighted by atomic mass is 10.0. The largest absolute Gasteiger partial charge is 0.497 e. The van der Waals surface area contributed by atoms with E-state index in [1.165, 1.54) is 10.5 Å². The summed E-state index contributed by atoms with van der Waals surface area (Å²) in [5, 5.41) is 0. The highest BCUT2D eigenvalue weighted by molar-refractivity contribution is 7.97. The van der Waals surface area contributed by atoms with Gasteiger partial charge in [0.05, 0.1) is 7.11 Å². The van der Waals surface area contributed by atoms with Crippen LogP contribution in [-0.4, -0.2) is 41.4 Å². The summed E-state index contributed by atoms with van der Waals surface area (Å²) < 4.78 is 7.77. The number of carbonyl (C=O) groups is 1. The number of amides is 1. The first-order valence-electron chi connectivity index (χ1n) is 10.7. The monoisotopic (exact) mass is 432 g/mol.